The van der Waals surface area contributed by atoms with Crippen LogP contribution in [0, 0.1) is 5.41 Å². The number of nitrogens with zero attached hydrogens (tertiary/aromatic N) is 1. The van der Waals surface area contributed by atoms with Gasteiger partial charge >= 0.3 is 5.97 Å². The Morgan fingerprint density at radius 1 is 1.05 bits per heavy atom. The molecule has 0 unspecified atom stereocenters. The lowest BCUT2D eigenvalue weighted by molar-refractivity contribution is -0.164. The van der Waals surface area contributed by atoms with E-state index in [9.17, 15) is 19.2 Å². The standard InChI is InChI=1S/C32H41ClN2O7/c1-6-32(2,3)29(37)30(38)35-17-8-7-12-24(35)31(39)42-25(22-10-9-11-23(19-22)34-28(36)20-33)15-13-21-14-16-26(40-4)27(18-21)41-5/h9-11,14,16,18-19,24-25H,6-8,12-13,15,17,20H2,1-5H3,(H,34,36)/t24-,25+/m0/s1. The van der Waals surface area contributed by atoms with E-state index < -0.39 is 35.2 Å². The van der Waals surface area contributed by atoms with Crippen molar-refractivity contribution in [3.8, 4) is 11.5 Å². The van der Waals surface area contributed by atoms with Crippen molar-refractivity contribution < 1.29 is 33.4 Å². The van der Waals surface area contributed by atoms with E-state index in [1.165, 1.54) is 4.90 Å². The van der Waals surface area contributed by atoms with E-state index in [2.05, 4.69) is 5.32 Å². The molecule has 2 amide bonds. The fourth-order valence-electron chi connectivity index (χ4n) is 4.86. The molecule has 0 aliphatic carbocycles. The topological polar surface area (TPSA) is 111 Å². The summed E-state index contributed by atoms with van der Waals surface area (Å²) in [5.41, 5.74) is 1.32. The van der Waals surface area contributed by atoms with E-state index in [4.69, 9.17) is 25.8 Å². The van der Waals surface area contributed by atoms with E-state index in [1.54, 1.807) is 46.3 Å². The summed E-state index contributed by atoms with van der Waals surface area (Å²) in [6.45, 7) is 5.66. The van der Waals surface area contributed by atoms with Crippen molar-refractivity contribution in [3.63, 3.8) is 0 Å². The number of hydrogen-bond donors (Lipinski definition) is 1. The number of esters is 1. The Morgan fingerprint density at radius 3 is 2.45 bits per heavy atom. The third-order valence-electron chi connectivity index (χ3n) is 7.79. The summed E-state index contributed by atoms with van der Waals surface area (Å²) >= 11 is 5.66. The van der Waals surface area contributed by atoms with Gasteiger partial charge in [0.2, 0.25) is 11.7 Å². The van der Waals surface area contributed by atoms with Gasteiger partial charge in [-0.15, -0.1) is 11.6 Å². The first kappa shape index (κ1) is 32.9. The molecule has 0 spiro atoms. The lowest BCUT2D eigenvalue weighted by Gasteiger charge is -2.36. The number of methoxy groups -OCH3 is 2. The number of rotatable bonds is 13. The number of nitrogens with one attached hydrogen (secondary N) is 1. The third kappa shape index (κ3) is 8.25. The number of piperidine rings is 1. The zero-order chi connectivity index (χ0) is 30.9. The van der Waals surface area contributed by atoms with Gasteiger partial charge in [-0.25, -0.2) is 4.79 Å². The van der Waals surface area contributed by atoms with Crippen molar-refractivity contribution in [1.29, 1.82) is 0 Å². The van der Waals surface area contributed by atoms with Gasteiger partial charge in [-0.05, 0) is 73.9 Å². The molecule has 228 valence electrons. The molecule has 1 fully saturated rings. The SMILES string of the molecule is CCC(C)(C)C(=O)C(=O)N1CCCC[C@H]1C(=O)O[C@H](CCc1ccc(OC)c(OC)c1)c1cccc(NC(=O)CCl)c1. The number of carbonyl (C=O) groups excluding carboxylic acids is 4. The average Bonchev–Trinajstić information content (AvgIpc) is 3.01. The maximum absolute atomic E-state index is 13.7. The van der Waals surface area contributed by atoms with E-state index in [-0.39, 0.29) is 11.8 Å². The Kier molecular flexibility index (Phi) is 11.8. The van der Waals surface area contributed by atoms with Crippen molar-refractivity contribution in [2.75, 3.05) is 32.0 Å². The number of ketones is 1. The minimum absolute atomic E-state index is 0.193. The van der Waals surface area contributed by atoms with Crippen molar-refractivity contribution in [2.24, 2.45) is 5.41 Å². The van der Waals surface area contributed by atoms with Crippen LogP contribution in [0.15, 0.2) is 42.5 Å². The number of likely N-dealkylation sites (tertiary alicyclic amines) is 1. The number of halogens is 1. The molecule has 1 saturated heterocycles. The van der Waals surface area contributed by atoms with Gasteiger partial charge in [-0.3, -0.25) is 14.4 Å². The summed E-state index contributed by atoms with van der Waals surface area (Å²) < 4.78 is 16.9. The van der Waals surface area contributed by atoms with Crippen LogP contribution >= 0.6 is 11.6 Å². The quantitative estimate of drug-likeness (QED) is 0.184. The second-order valence-electron chi connectivity index (χ2n) is 11.0. The van der Waals surface area contributed by atoms with Crippen molar-refractivity contribution >= 4 is 40.9 Å². The number of anilines is 1. The predicted octanol–water partition coefficient (Wildman–Crippen LogP) is 5.48. The van der Waals surface area contributed by atoms with Crippen LogP contribution < -0.4 is 14.8 Å². The molecular weight excluding hydrogens is 560 g/mol. The number of aryl methyl sites for hydroxylation is 1. The Labute approximate surface area is 252 Å². The van der Waals surface area contributed by atoms with Crippen LogP contribution in [-0.4, -0.2) is 61.2 Å². The largest absolute Gasteiger partial charge is 0.493 e. The van der Waals surface area contributed by atoms with Crippen LogP contribution in [-0.2, 0) is 30.3 Å². The van der Waals surface area contributed by atoms with E-state index in [1.807, 2.05) is 31.2 Å². The second-order valence-corrected chi connectivity index (χ2v) is 11.3. The number of alkyl halides is 1. The van der Waals surface area contributed by atoms with Crippen LogP contribution in [0.3, 0.4) is 0 Å². The van der Waals surface area contributed by atoms with Gasteiger partial charge in [0.1, 0.15) is 18.0 Å². The van der Waals surface area contributed by atoms with Crippen molar-refractivity contribution in [1.82, 2.24) is 4.90 Å². The lowest BCUT2D eigenvalue weighted by Crippen LogP contribution is -2.53. The Morgan fingerprint density at radius 2 is 1.79 bits per heavy atom. The Bertz CT molecular complexity index is 1280. The summed E-state index contributed by atoms with van der Waals surface area (Å²) in [5, 5.41) is 2.73. The Balaban J connectivity index is 1.88. The molecule has 1 N–H and O–H groups in total. The number of carbonyl (C=O) groups is 4. The summed E-state index contributed by atoms with van der Waals surface area (Å²) in [7, 11) is 3.13. The fraction of sp³-hybridized carbons (Fsp3) is 0.500. The van der Waals surface area contributed by atoms with E-state index in [0.29, 0.717) is 61.4 Å². The number of benzene rings is 2. The first-order chi connectivity index (χ1) is 20.0. The van der Waals surface area contributed by atoms with E-state index >= 15 is 0 Å². The smallest absolute Gasteiger partial charge is 0.329 e. The highest BCUT2D eigenvalue weighted by atomic mass is 35.5. The van der Waals surface area contributed by atoms with Crippen LogP contribution in [0.1, 0.15) is 70.1 Å². The van der Waals surface area contributed by atoms with E-state index in [0.717, 1.165) is 12.0 Å². The maximum Gasteiger partial charge on any atom is 0.329 e. The molecule has 1 heterocycles. The van der Waals surface area contributed by atoms with Crippen LogP contribution in [0.2, 0.25) is 0 Å². The molecule has 3 rings (SSSR count). The molecule has 0 bridgehead atoms. The summed E-state index contributed by atoms with van der Waals surface area (Å²) in [5.74, 6) is -1.06. The molecule has 9 nitrogen and oxygen atoms in total. The minimum atomic E-state index is -0.856. The normalized spacial score (nSPS) is 15.9. The van der Waals surface area contributed by atoms with Gasteiger partial charge in [-0.2, -0.15) is 0 Å². The minimum Gasteiger partial charge on any atom is -0.493 e. The highest BCUT2D eigenvalue weighted by Crippen LogP contribution is 2.32. The molecule has 0 aromatic heterocycles. The number of amides is 2. The molecule has 10 heteroatoms. The number of Topliss-reactive ketones (excluding diaryl/α,β-unsaturated/α-hetero) is 1. The van der Waals surface area contributed by atoms with Crippen LogP contribution in [0.5, 0.6) is 11.5 Å². The maximum atomic E-state index is 13.7. The van der Waals surface area contributed by atoms with Crippen LogP contribution in [0.25, 0.3) is 0 Å². The molecular formula is C32H41ClN2O7. The summed E-state index contributed by atoms with van der Waals surface area (Å²) in [6, 6.07) is 11.8. The predicted molar refractivity (Wildman–Crippen MR) is 161 cm³/mol. The fourth-order valence-corrected chi connectivity index (χ4v) is 4.92. The molecule has 0 saturated carbocycles. The monoisotopic (exact) mass is 600 g/mol. The highest BCUT2D eigenvalue weighted by molar-refractivity contribution is 6.38. The zero-order valence-corrected chi connectivity index (χ0v) is 25.8. The molecule has 1 aliphatic heterocycles. The zero-order valence-electron chi connectivity index (χ0n) is 25.0. The molecule has 42 heavy (non-hydrogen) atoms. The van der Waals surface area contributed by atoms with Gasteiger partial charge in [-0.1, -0.05) is 39.0 Å². The van der Waals surface area contributed by atoms with Gasteiger partial charge in [0, 0.05) is 17.6 Å². The van der Waals surface area contributed by atoms with Gasteiger partial charge in [0.05, 0.1) is 14.2 Å². The number of ether oxygens (including phenoxy) is 3. The molecule has 2 aromatic rings. The van der Waals surface area contributed by atoms with Crippen LogP contribution in [0.4, 0.5) is 5.69 Å². The van der Waals surface area contributed by atoms with Gasteiger partial charge in [0.25, 0.3) is 5.91 Å². The lowest BCUT2D eigenvalue weighted by atomic mass is 9.84. The highest BCUT2D eigenvalue weighted by Gasteiger charge is 2.41. The van der Waals surface area contributed by atoms with Crippen molar-refractivity contribution in [3.05, 3.63) is 53.6 Å². The Hall–Kier alpha value is -3.59. The second kappa shape index (κ2) is 15.0. The first-order valence-electron chi connectivity index (χ1n) is 14.3. The van der Waals surface area contributed by atoms with Crippen molar-refractivity contribution in [2.45, 2.75) is 71.4 Å². The summed E-state index contributed by atoms with van der Waals surface area (Å²) in [6.07, 6.45) is 2.63. The average molecular weight is 601 g/mol. The first-order valence-corrected chi connectivity index (χ1v) is 14.8. The summed E-state index contributed by atoms with van der Waals surface area (Å²) in [4.78, 5) is 53.3. The molecule has 1 aliphatic rings. The third-order valence-corrected chi connectivity index (χ3v) is 8.04. The number of hydrogen-bond acceptors (Lipinski definition) is 7. The van der Waals surface area contributed by atoms with Gasteiger partial charge < -0.3 is 24.4 Å². The molecule has 2 atom stereocenters. The van der Waals surface area contributed by atoms with Gasteiger partial charge in [0.15, 0.2) is 11.5 Å². The molecule has 2 aromatic carbocycles. The molecule has 0 radical (unpaired) electrons.